The molecule has 1 aromatic heterocycles. The van der Waals surface area contributed by atoms with E-state index < -0.39 is 0 Å². The first-order chi connectivity index (χ1) is 14.0. The number of aromatic nitrogens is 1. The van der Waals surface area contributed by atoms with E-state index in [0.29, 0.717) is 10.9 Å². The third kappa shape index (κ3) is 3.17. The maximum Gasteiger partial charge on any atom is 0.253 e. The molecule has 2 N–H and O–H groups in total. The number of hydrogen-bond acceptors (Lipinski definition) is 3. The molecule has 2 aromatic carbocycles. The van der Waals surface area contributed by atoms with E-state index in [0.717, 1.165) is 49.2 Å². The minimum Gasteiger partial charge on any atom is -0.487 e. The van der Waals surface area contributed by atoms with Crippen molar-refractivity contribution in [2.24, 2.45) is 7.05 Å². The third-order valence-corrected chi connectivity index (χ3v) is 6.21. The van der Waals surface area contributed by atoms with Gasteiger partial charge in [-0.05, 0) is 50.2 Å². The number of fused-ring (bicyclic) bond motifs is 2. The topological polar surface area (TPSA) is 55.3 Å². The number of hydrogen-bond donors (Lipinski definition) is 2. The van der Waals surface area contributed by atoms with Gasteiger partial charge in [0.25, 0.3) is 5.91 Å². The summed E-state index contributed by atoms with van der Waals surface area (Å²) in [6.45, 7) is 1.82. The smallest absolute Gasteiger partial charge is 0.253 e. The first-order valence-corrected chi connectivity index (χ1v) is 10.1. The van der Waals surface area contributed by atoms with E-state index in [2.05, 4.69) is 10.6 Å². The standard InChI is InChI=1S/C23H24FN3O2/c1-27-14-18(17-12-15(24)6-7-20(17)27)22(28)26-19-13-23(8-10-25-11-9-23)29-21-5-3-2-4-16(19)21/h2-7,12,14,19,25H,8-11,13H2,1H3,(H,26,28). The second-order valence-electron chi connectivity index (χ2n) is 8.12. The van der Waals surface area contributed by atoms with Crippen molar-refractivity contribution in [3.05, 3.63) is 65.6 Å². The minimum atomic E-state index is -0.345. The normalized spacial score (nSPS) is 20.3. The molecule has 5 nitrogen and oxygen atoms in total. The Labute approximate surface area is 168 Å². The van der Waals surface area contributed by atoms with Crippen LogP contribution in [0.3, 0.4) is 0 Å². The summed E-state index contributed by atoms with van der Waals surface area (Å²) in [4.78, 5) is 13.2. The number of para-hydroxylation sites is 1. The average Bonchev–Trinajstić information content (AvgIpc) is 3.04. The molecule has 29 heavy (non-hydrogen) atoms. The van der Waals surface area contributed by atoms with Crippen LogP contribution in [0.15, 0.2) is 48.7 Å². The molecule has 6 heteroatoms. The molecular weight excluding hydrogens is 369 g/mol. The molecule has 1 unspecified atom stereocenters. The van der Waals surface area contributed by atoms with Crippen molar-refractivity contribution in [1.29, 1.82) is 0 Å². The van der Waals surface area contributed by atoms with Gasteiger partial charge in [-0.3, -0.25) is 4.79 Å². The summed E-state index contributed by atoms with van der Waals surface area (Å²) in [5, 5.41) is 7.22. The number of carbonyl (C=O) groups is 1. The van der Waals surface area contributed by atoms with Crippen molar-refractivity contribution < 1.29 is 13.9 Å². The number of carbonyl (C=O) groups excluding carboxylic acids is 1. The van der Waals surface area contributed by atoms with Gasteiger partial charge in [-0.1, -0.05) is 18.2 Å². The van der Waals surface area contributed by atoms with Crippen LogP contribution in [0, 0.1) is 5.82 Å². The Morgan fingerprint density at radius 1 is 1.24 bits per heavy atom. The summed E-state index contributed by atoms with van der Waals surface area (Å²) < 4.78 is 22.1. The van der Waals surface area contributed by atoms with Gasteiger partial charge in [-0.2, -0.15) is 0 Å². The van der Waals surface area contributed by atoms with Crippen molar-refractivity contribution in [2.45, 2.75) is 30.9 Å². The molecule has 1 fully saturated rings. The third-order valence-electron chi connectivity index (χ3n) is 6.21. The van der Waals surface area contributed by atoms with E-state index in [9.17, 15) is 9.18 Å². The zero-order valence-electron chi connectivity index (χ0n) is 16.4. The van der Waals surface area contributed by atoms with Gasteiger partial charge in [-0.25, -0.2) is 4.39 Å². The molecule has 2 aliphatic heterocycles. The number of ether oxygens (including phenoxy) is 1. The van der Waals surface area contributed by atoms with Crippen molar-refractivity contribution in [1.82, 2.24) is 15.2 Å². The number of amides is 1. The molecule has 1 amide bonds. The van der Waals surface area contributed by atoms with Crippen LogP contribution in [0.5, 0.6) is 5.75 Å². The Kier molecular flexibility index (Phi) is 4.32. The summed E-state index contributed by atoms with van der Waals surface area (Å²) in [6.07, 6.45) is 4.32. The number of aryl methyl sites for hydroxylation is 1. The highest BCUT2D eigenvalue weighted by Crippen LogP contribution is 2.43. The van der Waals surface area contributed by atoms with Crippen LogP contribution < -0.4 is 15.4 Å². The highest BCUT2D eigenvalue weighted by Gasteiger charge is 2.42. The number of halogens is 1. The molecule has 1 atom stereocenters. The number of piperidine rings is 1. The molecule has 0 bridgehead atoms. The maximum atomic E-state index is 13.8. The SMILES string of the molecule is Cn1cc(C(=O)NC2CC3(CCNCC3)Oc3ccccc32)c2cc(F)ccc21. The molecule has 150 valence electrons. The van der Waals surface area contributed by atoms with Crippen LogP contribution in [-0.4, -0.2) is 29.2 Å². The van der Waals surface area contributed by atoms with E-state index in [1.54, 1.807) is 12.3 Å². The zero-order valence-corrected chi connectivity index (χ0v) is 16.4. The second-order valence-corrected chi connectivity index (χ2v) is 8.12. The van der Waals surface area contributed by atoms with Crippen molar-refractivity contribution in [3.63, 3.8) is 0 Å². The molecule has 0 radical (unpaired) electrons. The summed E-state index contributed by atoms with van der Waals surface area (Å²) in [6, 6.07) is 12.3. The lowest BCUT2D eigenvalue weighted by atomic mass is 9.81. The lowest BCUT2D eigenvalue weighted by Crippen LogP contribution is -2.51. The quantitative estimate of drug-likeness (QED) is 0.698. The summed E-state index contributed by atoms with van der Waals surface area (Å²) >= 11 is 0. The van der Waals surface area contributed by atoms with Gasteiger partial charge >= 0.3 is 0 Å². The molecule has 3 heterocycles. The molecular formula is C23H24FN3O2. The number of nitrogens with zero attached hydrogens (tertiary/aromatic N) is 1. The van der Waals surface area contributed by atoms with Gasteiger partial charge in [0.1, 0.15) is 17.2 Å². The molecule has 1 spiro atoms. The summed E-state index contributed by atoms with van der Waals surface area (Å²) in [5.74, 6) is 0.310. The van der Waals surface area contributed by atoms with Gasteiger partial charge in [0.05, 0.1) is 11.6 Å². The van der Waals surface area contributed by atoms with E-state index >= 15 is 0 Å². The van der Waals surface area contributed by atoms with Crippen molar-refractivity contribution >= 4 is 16.8 Å². The fraction of sp³-hybridized carbons (Fsp3) is 0.348. The van der Waals surface area contributed by atoms with E-state index in [-0.39, 0.29) is 23.4 Å². The van der Waals surface area contributed by atoms with Crippen molar-refractivity contribution in [3.8, 4) is 5.75 Å². The van der Waals surface area contributed by atoms with Crippen LogP contribution in [0.4, 0.5) is 4.39 Å². The van der Waals surface area contributed by atoms with Crippen LogP contribution in [0.25, 0.3) is 10.9 Å². The Bertz CT molecular complexity index is 1080. The van der Waals surface area contributed by atoms with E-state index in [1.165, 1.54) is 12.1 Å². The lowest BCUT2D eigenvalue weighted by molar-refractivity contribution is 0.00365. The zero-order chi connectivity index (χ0) is 20.0. The maximum absolute atomic E-state index is 13.8. The number of rotatable bonds is 2. The molecule has 3 aromatic rings. The predicted octanol–water partition coefficient (Wildman–Crippen LogP) is 3.69. The minimum absolute atomic E-state index is 0.144. The Balaban J connectivity index is 1.49. The largest absolute Gasteiger partial charge is 0.487 e. The van der Waals surface area contributed by atoms with Gasteiger partial charge in [-0.15, -0.1) is 0 Å². The highest BCUT2D eigenvalue weighted by atomic mass is 19.1. The number of nitrogens with one attached hydrogen (secondary N) is 2. The Hall–Kier alpha value is -2.86. The lowest BCUT2D eigenvalue weighted by Gasteiger charge is -2.44. The molecule has 0 aliphatic carbocycles. The summed E-state index contributed by atoms with van der Waals surface area (Å²) in [5.41, 5.74) is 2.06. The Morgan fingerprint density at radius 3 is 2.86 bits per heavy atom. The van der Waals surface area contributed by atoms with E-state index in [1.807, 2.05) is 35.9 Å². The van der Waals surface area contributed by atoms with Crippen LogP contribution in [0.2, 0.25) is 0 Å². The number of benzene rings is 2. The van der Waals surface area contributed by atoms with Crippen LogP contribution >= 0.6 is 0 Å². The van der Waals surface area contributed by atoms with Crippen molar-refractivity contribution in [2.75, 3.05) is 13.1 Å². The van der Waals surface area contributed by atoms with E-state index in [4.69, 9.17) is 4.74 Å². The Morgan fingerprint density at radius 2 is 2.03 bits per heavy atom. The molecule has 0 saturated carbocycles. The summed E-state index contributed by atoms with van der Waals surface area (Å²) in [7, 11) is 1.87. The fourth-order valence-corrected chi connectivity index (χ4v) is 4.72. The van der Waals surface area contributed by atoms with Gasteiger partial charge in [0.15, 0.2) is 0 Å². The van der Waals surface area contributed by atoms with Gasteiger partial charge in [0, 0.05) is 36.1 Å². The average molecular weight is 393 g/mol. The highest BCUT2D eigenvalue weighted by molar-refractivity contribution is 6.07. The predicted molar refractivity (Wildman–Crippen MR) is 110 cm³/mol. The monoisotopic (exact) mass is 393 g/mol. The van der Waals surface area contributed by atoms with Crippen LogP contribution in [-0.2, 0) is 7.05 Å². The molecule has 1 saturated heterocycles. The first-order valence-electron chi connectivity index (χ1n) is 10.1. The second kappa shape index (κ2) is 6.88. The molecule has 5 rings (SSSR count). The first kappa shape index (κ1) is 18.2. The fourth-order valence-electron chi connectivity index (χ4n) is 4.72. The van der Waals surface area contributed by atoms with Gasteiger partial charge < -0.3 is 19.9 Å². The van der Waals surface area contributed by atoms with Crippen LogP contribution in [0.1, 0.15) is 41.2 Å². The molecule has 2 aliphatic rings. The van der Waals surface area contributed by atoms with Gasteiger partial charge in [0.2, 0.25) is 0 Å².